The van der Waals surface area contributed by atoms with Gasteiger partial charge in [-0.15, -0.1) is 0 Å². The molecule has 1 aromatic carbocycles. The Morgan fingerprint density at radius 2 is 1.86 bits per heavy atom. The van der Waals surface area contributed by atoms with Crippen molar-refractivity contribution >= 4 is 15.7 Å². The first-order chi connectivity index (χ1) is 9.90. The summed E-state index contributed by atoms with van der Waals surface area (Å²) in [6, 6.07) is 9.26. The first-order valence-corrected chi connectivity index (χ1v) is 8.82. The average molecular weight is 307 g/mol. The zero-order valence-electron chi connectivity index (χ0n) is 12.5. The van der Waals surface area contributed by atoms with Gasteiger partial charge in [-0.2, -0.15) is 0 Å². The molecule has 0 aromatic heterocycles. The molecule has 0 N–H and O–H groups in total. The maximum atomic E-state index is 12.4. The standard InChI is InChI=1S/C16H21NO3S/c1-13(2)12-16(18)17-9-8-15(21(19,20)11-10-17)14-6-4-3-5-7-14/h3-7,12,15H,8-11H2,1-2H3. The van der Waals surface area contributed by atoms with Crippen LogP contribution in [0.2, 0.25) is 0 Å². The summed E-state index contributed by atoms with van der Waals surface area (Å²) < 4.78 is 24.9. The van der Waals surface area contributed by atoms with Gasteiger partial charge in [-0.3, -0.25) is 4.79 Å². The van der Waals surface area contributed by atoms with Crippen LogP contribution in [0, 0.1) is 0 Å². The maximum Gasteiger partial charge on any atom is 0.246 e. The minimum atomic E-state index is -3.22. The Kier molecular flexibility index (Phi) is 4.83. The van der Waals surface area contributed by atoms with E-state index in [9.17, 15) is 13.2 Å². The summed E-state index contributed by atoms with van der Waals surface area (Å²) in [5, 5.41) is -0.511. The molecule has 0 aliphatic carbocycles. The van der Waals surface area contributed by atoms with Gasteiger partial charge in [0.25, 0.3) is 0 Å². The Bertz CT molecular complexity index is 631. The molecule has 1 saturated heterocycles. The number of rotatable bonds is 2. The first-order valence-electron chi connectivity index (χ1n) is 7.10. The third-order valence-electron chi connectivity index (χ3n) is 3.64. The molecule has 1 amide bonds. The van der Waals surface area contributed by atoms with Crippen LogP contribution in [0.1, 0.15) is 31.1 Å². The van der Waals surface area contributed by atoms with Crippen molar-refractivity contribution in [3.63, 3.8) is 0 Å². The zero-order valence-corrected chi connectivity index (χ0v) is 13.3. The van der Waals surface area contributed by atoms with Crippen LogP contribution in [0.25, 0.3) is 0 Å². The molecule has 1 fully saturated rings. The minimum absolute atomic E-state index is 0.0227. The molecule has 0 saturated carbocycles. The van der Waals surface area contributed by atoms with Gasteiger partial charge in [-0.25, -0.2) is 8.42 Å². The van der Waals surface area contributed by atoms with Crippen molar-refractivity contribution in [3.05, 3.63) is 47.5 Å². The second-order valence-electron chi connectivity index (χ2n) is 5.60. The van der Waals surface area contributed by atoms with E-state index in [1.165, 1.54) is 0 Å². The predicted octanol–water partition coefficient (Wildman–Crippen LogP) is 2.34. The van der Waals surface area contributed by atoms with E-state index in [-0.39, 0.29) is 18.2 Å². The minimum Gasteiger partial charge on any atom is -0.338 e. The second-order valence-corrected chi connectivity index (χ2v) is 7.90. The Morgan fingerprint density at radius 3 is 2.48 bits per heavy atom. The lowest BCUT2D eigenvalue weighted by molar-refractivity contribution is -0.125. The number of nitrogens with zero attached hydrogens (tertiary/aromatic N) is 1. The molecule has 1 atom stereocenters. The lowest BCUT2D eigenvalue weighted by Crippen LogP contribution is -2.32. The normalized spacial score (nSPS) is 21.4. The van der Waals surface area contributed by atoms with Gasteiger partial charge in [0.2, 0.25) is 5.91 Å². The number of sulfone groups is 1. The third-order valence-corrected chi connectivity index (χ3v) is 5.76. The Balaban J connectivity index is 2.21. The van der Waals surface area contributed by atoms with E-state index in [1.54, 1.807) is 11.0 Å². The SMILES string of the molecule is CC(C)=CC(=O)N1CCC(c2ccccc2)S(=O)(=O)CC1. The molecule has 4 nitrogen and oxygen atoms in total. The van der Waals surface area contributed by atoms with Crippen molar-refractivity contribution < 1.29 is 13.2 Å². The molecule has 1 aromatic rings. The van der Waals surface area contributed by atoms with Gasteiger partial charge >= 0.3 is 0 Å². The highest BCUT2D eigenvalue weighted by molar-refractivity contribution is 7.91. The molecule has 1 heterocycles. The second kappa shape index (κ2) is 6.43. The lowest BCUT2D eigenvalue weighted by Gasteiger charge is -2.18. The Hall–Kier alpha value is -1.62. The Morgan fingerprint density at radius 1 is 1.19 bits per heavy atom. The fourth-order valence-corrected chi connectivity index (χ4v) is 4.34. The molecule has 0 spiro atoms. The number of hydrogen-bond donors (Lipinski definition) is 0. The van der Waals surface area contributed by atoms with Gasteiger partial charge in [0.15, 0.2) is 9.84 Å². The monoisotopic (exact) mass is 307 g/mol. The molecular formula is C16H21NO3S. The summed E-state index contributed by atoms with van der Waals surface area (Å²) in [5.74, 6) is -0.0755. The van der Waals surface area contributed by atoms with Crippen molar-refractivity contribution in [1.29, 1.82) is 0 Å². The summed E-state index contributed by atoms with van der Waals surface area (Å²) >= 11 is 0. The highest BCUT2D eigenvalue weighted by Crippen LogP contribution is 2.29. The van der Waals surface area contributed by atoms with Crippen LogP contribution < -0.4 is 0 Å². The fourth-order valence-electron chi connectivity index (χ4n) is 2.54. The van der Waals surface area contributed by atoms with Crippen molar-refractivity contribution in [1.82, 2.24) is 4.90 Å². The summed E-state index contributed by atoms with van der Waals surface area (Å²) in [5.41, 5.74) is 1.74. The zero-order chi connectivity index (χ0) is 15.5. The van der Waals surface area contributed by atoms with Crippen LogP contribution in [0.3, 0.4) is 0 Å². The quantitative estimate of drug-likeness (QED) is 0.788. The van der Waals surface area contributed by atoms with Gasteiger partial charge in [0.1, 0.15) is 0 Å². The van der Waals surface area contributed by atoms with Crippen LogP contribution in [-0.4, -0.2) is 38.1 Å². The van der Waals surface area contributed by atoms with Crippen LogP contribution in [-0.2, 0) is 14.6 Å². The molecule has 114 valence electrons. The number of benzene rings is 1. The number of carbonyl (C=O) groups is 1. The summed E-state index contributed by atoms with van der Waals surface area (Å²) in [4.78, 5) is 13.7. The van der Waals surface area contributed by atoms with Crippen molar-refractivity contribution in [2.24, 2.45) is 0 Å². The van der Waals surface area contributed by atoms with E-state index < -0.39 is 15.1 Å². The third kappa shape index (κ3) is 3.94. The molecule has 1 unspecified atom stereocenters. The van der Waals surface area contributed by atoms with E-state index >= 15 is 0 Å². The molecule has 0 bridgehead atoms. The molecule has 21 heavy (non-hydrogen) atoms. The summed E-state index contributed by atoms with van der Waals surface area (Å²) in [6.45, 7) is 4.47. The van der Waals surface area contributed by atoms with E-state index in [0.29, 0.717) is 13.0 Å². The molecule has 0 radical (unpaired) electrons. The van der Waals surface area contributed by atoms with Crippen LogP contribution in [0.4, 0.5) is 0 Å². The van der Waals surface area contributed by atoms with Gasteiger partial charge < -0.3 is 4.90 Å². The molecular weight excluding hydrogens is 286 g/mol. The number of amides is 1. The van der Waals surface area contributed by atoms with Crippen molar-refractivity contribution in [2.45, 2.75) is 25.5 Å². The maximum absolute atomic E-state index is 12.4. The summed E-state index contributed by atoms with van der Waals surface area (Å²) in [6.07, 6.45) is 2.02. The van der Waals surface area contributed by atoms with E-state index in [1.807, 2.05) is 44.2 Å². The number of allylic oxidation sites excluding steroid dienone is 1. The van der Waals surface area contributed by atoms with E-state index in [2.05, 4.69) is 0 Å². The van der Waals surface area contributed by atoms with E-state index in [4.69, 9.17) is 0 Å². The largest absolute Gasteiger partial charge is 0.338 e. The highest BCUT2D eigenvalue weighted by atomic mass is 32.2. The van der Waals surface area contributed by atoms with Crippen molar-refractivity contribution in [2.75, 3.05) is 18.8 Å². The van der Waals surface area contributed by atoms with Crippen LogP contribution in [0.5, 0.6) is 0 Å². The fraction of sp³-hybridized carbons (Fsp3) is 0.438. The topological polar surface area (TPSA) is 54.5 Å². The summed E-state index contributed by atoms with van der Waals surface area (Å²) in [7, 11) is -3.22. The van der Waals surface area contributed by atoms with Crippen LogP contribution in [0.15, 0.2) is 42.0 Å². The highest BCUT2D eigenvalue weighted by Gasteiger charge is 2.32. The molecule has 1 aliphatic rings. The molecule has 2 rings (SSSR count). The van der Waals surface area contributed by atoms with Gasteiger partial charge in [0.05, 0.1) is 11.0 Å². The number of hydrogen-bond acceptors (Lipinski definition) is 3. The predicted molar refractivity (Wildman–Crippen MR) is 83.6 cm³/mol. The van der Waals surface area contributed by atoms with Gasteiger partial charge in [-0.1, -0.05) is 35.9 Å². The van der Waals surface area contributed by atoms with Crippen LogP contribution >= 0.6 is 0 Å². The molecule has 5 heteroatoms. The van der Waals surface area contributed by atoms with Crippen molar-refractivity contribution in [3.8, 4) is 0 Å². The Labute approximate surface area is 126 Å². The number of carbonyl (C=O) groups excluding carboxylic acids is 1. The van der Waals surface area contributed by atoms with Gasteiger partial charge in [-0.05, 0) is 25.8 Å². The molecule has 1 aliphatic heterocycles. The van der Waals surface area contributed by atoms with Gasteiger partial charge in [0, 0.05) is 19.2 Å². The lowest BCUT2D eigenvalue weighted by atomic mass is 10.1. The van der Waals surface area contributed by atoms with E-state index in [0.717, 1.165) is 11.1 Å². The first kappa shape index (κ1) is 15.8. The average Bonchev–Trinajstić information content (AvgIpc) is 2.57. The smallest absolute Gasteiger partial charge is 0.246 e.